The molecule has 0 aliphatic carbocycles. The van der Waals surface area contributed by atoms with Crippen molar-refractivity contribution in [2.24, 2.45) is 5.73 Å². The van der Waals surface area contributed by atoms with Crippen LogP contribution in [0.4, 0.5) is 5.69 Å². The third-order valence-electron chi connectivity index (χ3n) is 2.54. The van der Waals surface area contributed by atoms with Crippen LogP contribution in [0.2, 0.25) is 0 Å². The number of esters is 1. The van der Waals surface area contributed by atoms with Gasteiger partial charge in [-0.25, -0.2) is 0 Å². The third kappa shape index (κ3) is 3.26. The molecule has 0 bridgehead atoms. The molecule has 1 aromatic rings. The first-order valence-corrected chi connectivity index (χ1v) is 5.60. The van der Waals surface area contributed by atoms with Gasteiger partial charge in [0.25, 0.3) is 5.69 Å². The summed E-state index contributed by atoms with van der Waals surface area (Å²) < 4.78 is 4.79. The molecule has 0 saturated heterocycles. The van der Waals surface area contributed by atoms with Crippen LogP contribution >= 0.6 is 0 Å². The van der Waals surface area contributed by atoms with Gasteiger partial charge in [0.05, 0.1) is 18.0 Å². The molecule has 0 aromatic heterocycles. The fourth-order valence-electron chi connectivity index (χ4n) is 1.71. The number of hydrogen-bond donors (Lipinski definition) is 1. The Hall–Kier alpha value is -2.46. The van der Waals surface area contributed by atoms with E-state index in [2.05, 4.69) is 0 Å². The zero-order valence-electron chi connectivity index (χ0n) is 10.4. The second-order valence-corrected chi connectivity index (χ2v) is 3.65. The zero-order chi connectivity index (χ0) is 14.4. The van der Waals surface area contributed by atoms with Crippen molar-refractivity contribution in [2.45, 2.75) is 19.9 Å². The van der Waals surface area contributed by atoms with Crippen LogP contribution in [-0.2, 0) is 22.5 Å². The Morgan fingerprint density at radius 2 is 2.26 bits per heavy atom. The number of nitrogens with zero attached hydrogens (tertiary/aromatic N) is 2. The molecule has 0 radical (unpaired) electrons. The molecule has 0 atom stereocenters. The van der Waals surface area contributed by atoms with Gasteiger partial charge < -0.3 is 10.5 Å². The standard InChI is InChI=1S/C12H13N3O4/c1-2-19-12(16)5-9-8(6-13)3-4-11(15(17)18)10(9)7-14/h3-4H,2,5-6,13H2,1H3. The van der Waals surface area contributed by atoms with Gasteiger partial charge in [-0.2, -0.15) is 5.26 Å². The summed E-state index contributed by atoms with van der Waals surface area (Å²) in [4.78, 5) is 21.7. The second-order valence-electron chi connectivity index (χ2n) is 3.65. The molecule has 7 nitrogen and oxygen atoms in total. The van der Waals surface area contributed by atoms with E-state index < -0.39 is 10.9 Å². The van der Waals surface area contributed by atoms with Crippen LogP contribution in [0.3, 0.4) is 0 Å². The molecular formula is C12H13N3O4. The highest BCUT2D eigenvalue weighted by molar-refractivity contribution is 5.75. The smallest absolute Gasteiger partial charge is 0.310 e. The van der Waals surface area contributed by atoms with Crippen molar-refractivity contribution in [3.8, 4) is 6.07 Å². The molecule has 100 valence electrons. The van der Waals surface area contributed by atoms with Gasteiger partial charge in [-0.05, 0) is 18.1 Å². The first-order chi connectivity index (χ1) is 9.04. The maximum absolute atomic E-state index is 11.5. The van der Waals surface area contributed by atoms with Crippen LogP contribution in [0, 0.1) is 21.4 Å². The SMILES string of the molecule is CCOC(=O)Cc1c(CN)ccc([N+](=O)[O-])c1C#N. The number of carbonyl (C=O) groups excluding carboxylic acids is 1. The molecule has 0 aliphatic rings. The summed E-state index contributed by atoms with van der Waals surface area (Å²) in [6.07, 6.45) is -0.203. The Bertz CT molecular complexity index is 549. The number of hydrogen-bond acceptors (Lipinski definition) is 6. The number of rotatable bonds is 5. The molecule has 0 fully saturated rings. The average molecular weight is 263 g/mol. The van der Waals surface area contributed by atoms with E-state index in [9.17, 15) is 14.9 Å². The van der Waals surface area contributed by atoms with Crippen LogP contribution < -0.4 is 5.73 Å². The fourth-order valence-corrected chi connectivity index (χ4v) is 1.71. The van der Waals surface area contributed by atoms with E-state index in [1.807, 2.05) is 0 Å². The molecule has 7 heteroatoms. The van der Waals surface area contributed by atoms with Gasteiger partial charge >= 0.3 is 5.97 Å². The van der Waals surface area contributed by atoms with E-state index in [1.165, 1.54) is 12.1 Å². The summed E-state index contributed by atoms with van der Waals surface area (Å²) in [6.45, 7) is 1.94. The Morgan fingerprint density at radius 3 is 2.74 bits per heavy atom. The number of nitro benzene ring substituents is 1. The molecule has 0 aliphatic heterocycles. The van der Waals surface area contributed by atoms with E-state index in [0.29, 0.717) is 5.56 Å². The van der Waals surface area contributed by atoms with E-state index in [-0.39, 0.29) is 36.4 Å². The number of benzene rings is 1. The van der Waals surface area contributed by atoms with Crippen LogP contribution in [0.5, 0.6) is 0 Å². The van der Waals surface area contributed by atoms with Crippen molar-refractivity contribution < 1.29 is 14.5 Å². The topological polar surface area (TPSA) is 119 Å². The molecular weight excluding hydrogens is 250 g/mol. The lowest BCUT2D eigenvalue weighted by molar-refractivity contribution is -0.385. The minimum Gasteiger partial charge on any atom is -0.466 e. The van der Waals surface area contributed by atoms with E-state index in [0.717, 1.165) is 0 Å². The zero-order valence-corrected chi connectivity index (χ0v) is 10.4. The Kier molecular flexibility index (Phi) is 4.97. The molecule has 1 rings (SSSR count). The van der Waals surface area contributed by atoms with Crippen LogP contribution in [0.15, 0.2) is 12.1 Å². The van der Waals surface area contributed by atoms with Crippen molar-refractivity contribution in [2.75, 3.05) is 6.61 Å². The molecule has 1 aromatic carbocycles. The monoisotopic (exact) mass is 263 g/mol. The molecule has 0 amide bonds. The number of nitro groups is 1. The van der Waals surface area contributed by atoms with Gasteiger partial charge in [0, 0.05) is 12.6 Å². The molecule has 0 unspecified atom stereocenters. The predicted octanol–water partition coefficient (Wildman–Crippen LogP) is 1.03. The maximum Gasteiger partial charge on any atom is 0.310 e. The van der Waals surface area contributed by atoms with Gasteiger partial charge in [0.15, 0.2) is 0 Å². The minimum absolute atomic E-state index is 0.0847. The molecule has 0 heterocycles. The van der Waals surface area contributed by atoms with Crippen molar-refractivity contribution in [1.82, 2.24) is 0 Å². The summed E-state index contributed by atoms with van der Waals surface area (Å²) in [7, 11) is 0. The Labute approximate surface area is 109 Å². The first kappa shape index (κ1) is 14.6. The highest BCUT2D eigenvalue weighted by atomic mass is 16.6. The maximum atomic E-state index is 11.5. The Morgan fingerprint density at radius 1 is 1.58 bits per heavy atom. The van der Waals surface area contributed by atoms with Gasteiger partial charge in [-0.15, -0.1) is 0 Å². The lowest BCUT2D eigenvalue weighted by Gasteiger charge is -2.09. The summed E-state index contributed by atoms with van der Waals surface area (Å²) >= 11 is 0. The van der Waals surface area contributed by atoms with Crippen LogP contribution in [0.1, 0.15) is 23.6 Å². The van der Waals surface area contributed by atoms with Gasteiger partial charge in [0.1, 0.15) is 11.6 Å². The lowest BCUT2D eigenvalue weighted by atomic mass is 9.97. The number of carbonyl (C=O) groups is 1. The van der Waals surface area contributed by atoms with Crippen molar-refractivity contribution in [1.29, 1.82) is 5.26 Å². The molecule has 19 heavy (non-hydrogen) atoms. The van der Waals surface area contributed by atoms with Gasteiger partial charge in [-0.3, -0.25) is 14.9 Å². The molecule has 2 N–H and O–H groups in total. The van der Waals surface area contributed by atoms with Crippen molar-refractivity contribution in [3.05, 3.63) is 38.9 Å². The fraction of sp³-hybridized carbons (Fsp3) is 0.333. The van der Waals surface area contributed by atoms with Crippen molar-refractivity contribution >= 4 is 11.7 Å². The summed E-state index contributed by atoms with van der Waals surface area (Å²) in [5.74, 6) is -0.547. The van der Waals surface area contributed by atoms with Crippen molar-refractivity contribution in [3.63, 3.8) is 0 Å². The average Bonchev–Trinajstić information content (AvgIpc) is 2.38. The first-order valence-electron chi connectivity index (χ1n) is 5.60. The van der Waals surface area contributed by atoms with E-state index in [4.69, 9.17) is 15.7 Å². The van der Waals surface area contributed by atoms with E-state index in [1.54, 1.807) is 13.0 Å². The number of ether oxygens (including phenoxy) is 1. The predicted molar refractivity (Wildman–Crippen MR) is 66.0 cm³/mol. The summed E-state index contributed by atoms with van der Waals surface area (Å²) in [5.41, 5.74) is 5.83. The van der Waals surface area contributed by atoms with E-state index >= 15 is 0 Å². The molecule has 0 spiro atoms. The quantitative estimate of drug-likeness (QED) is 0.481. The van der Waals surface area contributed by atoms with Gasteiger partial charge in [0.2, 0.25) is 0 Å². The van der Waals surface area contributed by atoms with Crippen LogP contribution in [-0.4, -0.2) is 17.5 Å². The lowest BCUT2D eigenvalue weighted by Crippen LogP contribution is -2.13. The third-order valence-corrected chi connectivity index (χ3v) is 2.54. The highest BCUT2D eigenvalue weighted by Gasteiger charge is 2.22. The van der Waals surface area contributed by atoms with Crippen LogP contribution in [0.25, 0.3) is 0 Å². The summed E-state index contributed by atoms with van der Waals surface area (Å²) in [5, 5.41) is 19.9. The van der Waals surface area contributed by atoms with Gasteiger partial charge in [-0.1, -0.05) is 6.07 Å². The minimum atomic E-state index is -0.659. The molecule has 0 saturated carbocycles. The highest BCUT2D eigenvalue weighted by Crippen LogP contribution is 2.25. The Balaban J connectivity index is 3.32. The number of nitriles is 1. The largest absolute Gasteiger partial charge is 0.466 e. The number of nitrogens with two attached hydrogens (primary N) is 1. The normalized spacial score (nSPS) is 9.74. The summed E-state index contributed by atoms with van der Waals surface area (Å²) in [6, 6.07) is 4.43. The second kappa shape index (κ2) is 6.47.